The molecule has 0 fully saturated rings. The Kier molecular flexibility index (Phi) is 6.88. The average Bonchev–Trinajstić information content (AvgIpc) is 2.57. The van der Waals surface area contributed by atoms with E-state index >= 15 is 0 Å². The predicted molar refractivity (Wildman–Crippen MR) is 103 cm³/mol. The van der Waals surface area contributed by atoms with Crippen LogP contribution < -0.4 is 5.43 Å². The van der Waals surface area contributed by atoms with Gasteiger partial charge in [0.05, 0.1) is 12.1 Å². The summed E-state index contributed by atoms with van der Waals surface area (Å²) in [5.41, 5.74) is 4.53. The fourth-order valence-corrected chi connectivity index (χ4v) is 2.97. The fourth-order valence-electron chi connectivity index (χ4n) is 2.44. The van der Waals surface area contributed by atoms with Crippen molar-refractivity contribution in [3.63, 3.8) is 0 Å². The summed E-state index contributed by atoms with van der Waals surface area (Å²) in [5.74, 6) is -0.232. The lowest BCUT2D eigenvalue weighted by Gasteiger charge is -2.19. The monoisotopic (exact) mass is 360 g/mol. The maximum Gasteiger partial charge on any atom is 0.247 e. The normalized spacial score (nSPS) is 12.5. The first kappa shape index (κ1) is 18.6. The second kappa shape index (κ2) is 8.90. The Labute approximate surface area is 152 Å². The number of rotatable bonds is 6. The summed E-state index contributed by atoms with van der Waals surface area (Å²) in [6.45, 7) is 4.04. The zero-order valence-electron chi connectivity index (χ0n) is 14.0. The van der Waals surface area contributed by atoms with Gasteiger partial charge in [0.2, 0.25) is 5.91 Å². The molecule has 126 valence electrons. The largest absolute Gasteiger partial charge is 0.272 e. The lowest BCUT2D eigenvalue weighted by atomic mass is 9.88. The molecule has 0 aromatic heterocycles. The summed E-state index contributed by atoms with van der Waals surface area (Å²) in [6.07, 6.45) is 3.69. The number of benzene rings is 2. The summed E-state index contributed by atoms with van der Waals surface area (Å²) in [4.78, 5) is 13.7. The molecular formula is C19H21ClN2OS. The number of carbonyl (C=O) groups is 1. The molecule has 0 bridgehead atoms. The van der Waals surface area contributed by atoms with Gasteiger partial charge in [-0.2, -0.15) is 5.10 Å². The van der Waals surface area contributed by atoms with Crippen LogP contribution in [0.25, 0.3) is 0 Å². The van der Waals surface area contributed by atoms with E-state index in [1.54, 1.807) is 30.1 Å². The Morgan fingerprint density at radius 3 is 2.29 bits per heavy atom. The predicted octanol–water partition coefficient (Wildman–Crippen LogP) is 4.95. The molecule has 0 saturated carbocycles. The number of nitrogens with zero attached hydrogens (tertiary/aromatic N) is 1. The first-order valence-electron chi connectivity index (χ1n) is 7.73. The third kappa shape index (κ3) is 5.11. The molecule has 5 heteroatoms. The molecule has 0 spiro atoms. The van der Waals surface area contributed by atoms with Gasteiger partial charge in [-0.05, 0) is 47.6 Å². The van der Waals surface area contributed by atoms with Gasteiger partial charge >= 0.3 is 0 Å². The third-order valence-corrected chi connectivity index (χ3v) is 4.68. The van der Waals surface area contributed by atoms with Gasteiger partial charge in [0.1, 0.15) is 0 Å². The van der Waals surface area contributed by atoms with Gasteiger partial charge in [-0.1, -0.05) is 49.7 Å². The zero-order valence-corrected chi connectivity index (χ0v) is 15.6. The summed E-state index contributed by atoms with van der Waals surface area (Å²) >= 11 is 7.61. The van der Waals surface area contributed by atoms with Gasteiger partial charge in [0.25, 0.3) is 0 Å². The van der Waals surface area contributed by atoms with Gasteiger partial charge in [-0.3, -0.25) is 4.79 Å². The van der Waals surface area contributed by atoms with Crippen LogP contribution in [0.2, 0.25) is 5.02 Å². The van der Waals surface area contributed by atoms with Gasteiger partial charge < -0.3 is 0 Å². The van der Waals surface area contributed by atoms with Gasteiger partial charge in [-0.15, -0.1) is 11.8 Å². The highest BCUT2D eigenvalue weighted by atomic mass is 35.5. The molecule has 1 N–H and O–H groups in total. The highest BCUT2D eigenvalue weighted by Crippen LogP contribution is 2.26. The van der Waals surface area contributed by atoms with E-state index in [-0.39, 0.29) is 17.7 Å². The SMILES string of the molecule is CSc1ccc(C=NNC(=O)C(c2ccc(Cl)cc2)C(C)C)cc1. The minimum absolute atomic E-state index is 0.121. The van der Waals surface area contributed by atoms with E-state index < -0.39 is 0 Å². The van der Waals surface area contributed by atoms with E-state index in [0.29, 0.717) is 5.02 Å². The van der Waals surface area contributed by atoms with Crippen LogP contribution in [0.4, 0.5) is 0 Å². The highest BCUT2D eigenvalue weighted by molar-refractivity contribution is 7.98. The number of amides is 1. The zero-order chi connectivity index (χ0) is 17.5. The number of nitrogens with one attached hydrogen (secondary N) is 1. The number of halogens is 1. The molecule has 0 heterocycles. The molecule has 0 aliphatic carbocycles. The Balaban J connectivity index is 2.04. The van der Waals surface area contributed by atoms with Crippen molar-refractivity contribution in [2.24, 2.45) is 11.0 Å². The standard InChI is InChI=1S/C19H21ClN2OS/c1-13(2)18(15-6-8-16(20)9-7-15)19(23)22-21-12-14-4-10-17(24-3)11-5-14/h4-13,18H,1-3H3,(H,22,23). The quantitative estimate of drug-likeness (QED) is 0.449. The Morgan fingerprint density at radius 1 is 1.12 bits per heavy atom. The summed E-state index contributed by atoms with van der Waals surface area (Å²) in [6, 6.07) is 15.4. The fraction of sp³-hybridized carbons (Fsp3) is 0.263. The van der Waals surface area contributed by atoms with Crippen LogP contribution in [0.15, 0.2) is 58.5 Å². The molecule has 0 aliphatic heterocycles. The molecular weight excluding hydrogens is 340 g/mol. The molecule has 0 radical (unpaired) electrons. The van der Waals surface area contributed by atoms with Crippen LogP contribution in [0.1, 0.15) is 30.9 Å². The van der Waals surface area contributed by atoms with Gasteiger partial charge in [0.15, 0.2) is 0 Å². The number of hydrazone groups is 1. The van der Waals surface area contributed by atoms with Gasteiger partial charge in [-0.25, -0.2) is 5.43 Å². The first-order chi connectivity index (χ1) is 11.5. The Hall–Kier alpha value is -1.78. The topological polar surface area (TPSA) is 41.5 Å². The Morgan fingerprint density at radius 2 is 1.75 bits per heavy atom. The Bertz CT molecular complexity index is 696. The van der Waals surface area contributed by atoms with Gasteiger partial charge in [0, 0.05) is 9.92 Å². The molecule has 24 heavy (non-hydrogen) atoms. The molecule has 0 aliphatic rings. The second-order valence-electron chi connectivity index (χ2n) is 5.78. The van der Waals surface area contributed by atoms with Crippen molar-refractivity contribution >= 4 is 35.5 Å². The molecule has 1 amide bonds. The van der Waals surface area contributed by atoms with Crippen molar-refractivity contribution in [1.29, 1.82) is 0 Å². The summed E-state index contributed by atoms with van der Waals surface area (Å²) < 4.78 is 0. The maximum atomic E-state index is 12.5. The molecule has 2 rings (SSSR count). The average molecular weight is 361 g/mol. The number of hydrogen-bond acceptors (Lipinski definition) is 3. The highest BCUT2D eigenvalue weighted by Gasteiger charge is 2.23. The van der Waals surface area contributed by atoms with E-state index in [1.165, 1.54) is 4.90 Å². The minimum atomic E-state index is -0.265. The molecule has 2 aromatic carbocycles. The van der Waals surface area contributed by atoms with Crippen LogP contribution in [0.3, 0.4) is 0 Å². The lowest BCUT2D eigenvalue weighted by Crippen LogP contribution is -2.28. The molecule has 1 atom stereocenters. The maximum absolute atomic E-state index is 12.5. The van der Waals surface area contributed by atoms with Crippen LogP contribution in [0, 0.1) is 5.92 Å². The van der Waals surface area contributed by atoms with Crippen LogP contribution in [0.5, 0.6) is 0 Å². The summed E-state index contributed by atoms with van der Waals surface area (Å²) in [7, 11) is 0. The molecule has 1 unspecified atom stereocenters. The summed E-state index contributed by atoms with van der Waals surface area (Å²) in [5, 5.41) is 4.75. The van der Waals surface area contributed by atoms with Crippen molar-refractivity contribution in [3.8, 4) is 0 Å². The smallest absolute Gasteiger partial charge is 0.247 e. The van der Waals surface area contributed by atoms with E-state index in [9.17, 15) is 4.79 Å². The third-order valence-electron chi connectivity index (χ3n) is 3.68. The minimum Gasteiger partial charge on any atom is -0.272 e. The van der Waals surface area contributed by atoms with Crippen LogP contribution >= 0.6 is 23.4 Å². The molecule has 3 nitrogen and oxygen atoms in total. The second-order valence-corrected chi connectivity index (χ2v) is 7.10. The van der Waals surface area contributed by atoms with Crippen molar-refractivity contribution in [2.75, 3.05) is 6.26 Å². The van der Waals surface area contributed by atoms with Crippen molar-refractivity contribution in [1.82, 2.24) is 5.43 Å². The number of carbonyl (C=O) groups excluding carboxylic acids is 1. The molecule has 0 saturated heterocycles. The number of hydrogen-bond donors (Lipinski definition) is 1. The number of thioether (sulfide) groups is 1. The van der Waals surface area contributed by atoms with E-state index in [2.05, 4.69) is 10.5 Å². The van der Waals surface area contributed by atoms with Crippen molar-refractivity contribution in [3.05, 3.63) is 64.7 Å². The lowest BCUT2D eigenvalue weighted by molar-refractivity contribution is -0.123. The van der Waals surface area contributed by atoms with Crippen molar-refractivity contribution < 1.29 is 4.79 Å². The van der Waals surface area contributed by atoms with E-state index in [1.807, 2.05) is 56.5 Å². The molecule has 2 aromatic rings. The van der Waals surface area contributed by atoms with Crippen LogP contribution in [-0.4, -0.2) is 18.4 Å². The van der Waals surface area contributed by atoms with E-state index in [4.69, 9.17) is 11.6 Å². The van der Waals surface area contributed by atoms with Crippen LogP contribution in [-0.2, 0) is 4.79 Å². The van der Waals surface area contributed by atoms with Crippen molar-refractivity contribution in [2.45, 2.75) is 24.7 Å². The van der Waals surface area contributed by atoms with E-state index in [0.717, 1.165) is 11.1 Å². The first-order valence-corrected chi connectivity index (χ1v) is 9.34.